The Kier molecular flexibility index (Phi) is 0.537. The lowest BCUT2D eigenvalue weighted by Gasteiger charge is -2.21. The predicted octanol–water partition coefficient (Wildman–Crippen LogP) is 0.281. The highest BCUT2D eigenvalue weighted by Crippen LogP contribution is 1.97. The first-order valence-corrected chi connectivity index (χ1v) is 2.05. The molecule has 0 unspecified atom stereocenters. The van der Waals surface area contributed by atoms with Crippen molar-refractivity contribution in [2.75, 3.05) is 7.05 Å². The number of nitrogens with zero attached hydrogens (tertiary/aromatic N) is 1. The molecule has 1 aliphatic heterocycles. The molecule has 0 aromatic carbocycles. The second-order valence-electron chi connectivity index (χ2n) is 1.54. The van der Waals surface area contributed by atoms with E-state index in [4.69, 9.17) is 0 Å². The maximum Gasteiger partial charge on any atom is 0.0965 e. The minimum absolute atomic E-state index is 0.505. The fraction of sp³-hybridized carbons (Fsp3) is 0.600. The van der Waals surface area contributed by atoms with Crippen LogP contribution in [0.25, 0.3) is 0 Å². The van der Waals surface area contributed by atoms with Crippen LogP contribution >= 0.6 is 0 Å². The van der Waals surface area contributed by atoms with Crippen molar-refractivity contribution in [3.8, 4) is 12.0 Å². The van der Waals surface area contributed by atoms with Crippen molar-refractivity contribution in [1.29, 1.82) is 0 Å². The fourth-order valence-corrected chi connectivity index (χ4v) is 0.323. The Morgan fingerprint density at radius 1 is 1.67 bits per heavy atom. The minimum Gasteiger partial charge on any atom is -0.321 e. The minimum atomic E-state index is 0.505. The van der Waals surface area contributed by atoms with Crippen molar-refractivity contribution in [3.05, 3.63) is 0 Å². The van der Waals surface area contributed by atoms with Crippen LogP contribution in [0.1, 0.15) is 6.92 Å². The first kappa shape index (κ1) is 3.55. The summed E-state index contributed by atoms with van der Waals surface area (Å²) in [6.45, 7) is 2.08. The van der Waals surface area contributed by atoms with Gasteiger partial charge in [0.05, 0.1) is 6.04 Å². The molecule has 32 valence electrons. The molecule has 0 radical (unpaired) electrons. The molecule has 0 amide bonds. The van der Waals surface area contributed by atoms with Gasteiger partial charge >= 0.3 is 0 Å². The molecule has 1 heterocycles. The molecule has 6 heavy (non-hydrogen) atoms. The molecule has 1 rings (SSSR count). The predicted molar refractivity (Wildman–Crippen MR) is 25.0 cm³/mol. The fourth-order valence-electron chi connectivity index (χ4n) is 0.323. The number of hydrogen-bond donors (Lipinski definition) is 0. The molecule has 1 nitrogen and oxygen atoms in total. The van der Waals surface area contributed by atoms with Crippen LogP contribution < -0.4 is 0 Å². The van der Waals surface area contributed by atoms with Gasteiger partial charge in [-0.2, -0.15) is 0 Å². The molecule has 0 aromatic rings. The van der Waals surface area contributed by atoms with Crippen molar-refractivity contribution in [2.45, 2.75) is 13.0 Å². The summed E-state index contributed by atoms with van der Waals surface area (Å²) in [5.41, 5.74) is 0. The van der Waals surface area contributed by atoms with Gasteiger partial charge in [0.1, 0.15) is 0 Å². The lowest BCUT2D eigenvalue weighted by Crippen LogP contribution is -2.29. The average Bonchev–Trinajstić information content (AvgIpc) is 1.61. The first-order chi connectivity index (χ1) is 2.80. The van der Waals surface area contributed by atoms with E-state index < -0.39 is 0 Å². The lowest BCUT2D eigenvalue weighted by atomic mass is 10.2. The third kappa shape index (κ3) is 0.268. The lowest BCUT2D eigenvalue weighted by molar-refractivity contribution is 0.409. The summed E-state index contributed by atoms with van der Waals surface area (Å²) >= 11 is 0. The smallest absolute Gasteiger partial charge is 0.0965 e. The number of rotatable bonds is 0. The molecule has 0 saturated heterocycles. The van der Waals surface area contributed by atoms with Gasteiger partial charge < -0.3 is 4.90 Å². The molecule has 1 atom stereocenters. The van der Waals surface area contributed by atoms with E-state index in [9.17, 15) is 0 Å². The van der Waals surface area contributed by atoms with E-state index >= 15 is 0 Å². The summed E-state index contributed by atoms with van der Waals surface area (Å²) in [6, 6.07) is 3.35. The Morgan fingerprint density at radius 3 is 2.17 bits per heavy atom. The Balaban J connectivity index is 2.55. The molecule has 1 heteroatoms. The highest BCUT2D eigenvalue weighted by Gasteiger charge is 2.06. The van der Waals surface area contributed by atoms with Crippen molar-refractivity contribution < 1.29 is 0 Å². The van der Waals surface area contributed by atoms with E-state index in [1.807, 2.05) is 11.9 Å². The van der Waals surface area contributed by atoms with Crippen molar-refractivity contribution in [1.82, 2.24) is 4.90 Å². The van der Waals surface area contributed by atoms with Gasteiger partial charge in [0.15, 0.2) is 0 Å². The monoisotopic (exact) mass is 81.1 g/mol. The van der Waals surface area contributed by atoms with Gasteiger partial charge in [0.25, 0.3) is 0 Å². The summed E-state index contributed by atoms with van der Waals surface area (Å²) in [6.07, 6.45) is 0. The average molecular weight is 81.1 g/mol. The molecule has 0 aliphatic carbocycles. The molecule has 0 aromatic heterocycles. The zero-order valence-corrected chi connectivity index (χ0v) is 4.02. The standard InChI is InChI=1S/C5H7N/c1-5-3-4-6(5)2/h5H,1-2H3/t5-/m1/s1. The molecular formula is C5H7N. The topological polar surface area (TPSA) is 3.24 Å². The molecule has 0 bridgehead atoms. The largest absolute Gasteiger partial charge is 0.321 e. The Morgan fingerprint density at radius 2 is 2.17 bits per heavy atom. The molecular weight excluding hydrogens is 74.1 g/mol. The molecule has 0 saturated carbocycles. The summed E-state index contributed by atoms with van der Waals surface area (Å²) < 4.78 is 0. The Hall–Kier alpha value is -0.640. The third-order valence-electron chi connectivity index (χ3n) is 1.03. The van der Waals surface area contributed by atoms with Crippen molar-refractivity contribution >= 4 is 0 Å². The molecule has 0 N–H and O–H groups in total. The second-order valence-corrected chi connectivity index (χ2v) is 1.54. The number of hydrogen-bond acceptors (Lipinski definition) is 1. The summed E-state index contributed by atoms with van der Waals surface area (Å²) in [4.78, 5) is 1.99. The molecule has 0 fully saturated rings. The maximum absolute atomic E-state index is 2.93. The van der Waals surface area contributed by atoms with E-state index in [0.717, 1.165) is 0 Å². The summed E-state index contributed by atoms with van der Waals surface area (Å²) in [7, 11) is 1.99. The highest BCUT2D eigenvalue weighted by atomic mass is 15.1. The van der Waals surface area contributed by atoms with Gasteiger partial charge in [0.2, 0.25) is 0 Å². The van der Waals surface area contributed by atoms with E-state index in [2.05, 4.69) is 18.9 Å². The van der Waals surface area contributed by atoms with E-state index in [-0.39, 0.29) is 0 Å². The molecule has 0 spiro atoms. The van der Waals surface area contributed by atoms with E-state index in [1.54, 1.807) is 0 Å². The summed E-state index contributed by atoms with van der Waals surface area (Å²) in [5, 5.41) is 0. The van der Waals surface area contributed by atoms with Crippen LogP contribution in [0, 0.1) is 12.0 Å². The van der Waals surface area contributed by atoms with Gasteiger partial charge in [-0.1, -0.05) is 5.92 Å². The SMILES string of the molecule is C[C@@H]1C#CN1C. The van der Waals surface area contributed by atoms with Crippen LogP contribution in [0.15, 0.2) is 0 Å². The van der Waals surface area contributed by atoms with E-state index in [1.165, 1.54) is 0 Å². The van der Waals surface area contributed by atoms with Crippen LogP contribution in [-0.2, 0) is 0 Å². The molecule has 1 aliphatic rings. The zero-order chi connectivity index (χ0) is 4.57. The van der Waals surface area contributed by atoms with Gasteiger partial charge in [-0.25, -0.2) is 0 Å². The van der Waals surface area contributed by atoms with Crippen LogP contribution in [-0.4, -0.2) is 18.0 Å². The van der Waals surface area contributed by atoms with Gasteiger partial charge in [-0.05, 0) is 6.92 Å². The maximum atomic E-state index is 2.93. The van der Waals surface area contributed by atoms with Gasteiger partial charge in [-0.3, -0.25) is 0 Å². The van der Waals surface area contributed by atoms with Crippen LogP contribution in [0.2, 0.25) is 0 Å². The zero-order valence-electron chi connectivity index (χ0n) is 4.02. The Labute approximate surface area is 38.0 Å². The quantitative estimate of drug-likeness (QED) is 0.379. The normalized spacial score (nSPS) is 27.7. The third-order valence-corrected chi connectivity index (χ3v) is 1.03. The van der Waals surface area contributed by atoms with Crippen LogP contribution in [0.5, 0.6) is 0 Å². The van der Waals surface area contributed by atoms with E-state index in [0.29, 0.717) is 6.04 Å². The Bertz CT molecular complexity index is 94.8. The first-order valence-electron chi connectivity index (χ1n) is 2.05. The van der Waals surface area contributed by atoms with Crippen molar-refractivity contribution in [3.63, 3.8) is 0 Å². The van der Waals surface area contributed by atoms with Crippen LogP contribution in [0.3, 0.4) is 0 Å². The summed E-state index contributed by atoms with van der Waals surface area (Å²) in [5.74, 6) is 2.93. The highest BCUT2D eigenvalue weighted by molar-refractivity contribution is 5.17. The van der Waals surface area contributed by atoms with Gasteiger partial charge in [0, 0.05) is 13.1 Å². The van der Waals surface area contributed by atoms with Crippen LogP contribution in [0.4, 0.5) is 0 Å². The van der Waals surface area contributed by atoms with Crippen molar-refractivity contribution in [2.24, 2.45) is 0 Å². The second kappa shape index (κ2) is 0.909. The van der Waals surface area contributed by atoms with Gasteiger partial charge in [-0.15, -0.1) is 0 Å².